The van der Waals surface area contributed by atoms with Crippen LogP contribution in [0.2, 0.25) is 0 Å². The molecule has 0 heterocycles. The van der Waals surface area contributed by atoms with Gasteiger partial charge in [-0.05, 0) is 42.5 Å². The van der Waals surface area contributed by atoms with E-state index < -0.39 is 0 Å². The second-order valence-corrected chi connectivity index (χ2v) is 5.09. The Morgan fingerprint density at radius 1 is 1.32 bits per heavy atom. The quantitative estimate of drug-likeness (QED) is 0.634. The minimum Gasteiger partial charge on any atom is -0.356 e. The van der Waals surface area contributed by atoms with Crippen molar-refractivity contribution in [3.05, 3.63) is 35.1 Å². The highest BCUT2D eigenvalue weighted by Gasteiger charge is 2.02. The summed E-state index contributed by atoms with van der Waals surface area (Å²) in [6, 6.07) is 4.92. The highest BCUT2D eigenvalue weighted by Crippen LogP contribution is 2.10. The zero-order valence-corrected chi connectivity index (χ0v) is 12.3. The van der Waals surface area contributed by atoms with Crippen LogP contribution in [0.1, 0.15) is 25.0 Å². The Labute approximate surface area is 115 Å². The molecule has 0 aliphatic heterocycles. The second-order valence-electron chi connectivity index (χ2n) is 5.09. The highest BCUT2D eigenvalue weighted by atomic mass is 19.1. The van der Waals surface area contributed by atoms with Gasteiger partial charge in [0, 0.05) is 20.1 Å². The normalized spacial score (nSPS) is 11.8. The summed E-state index contributed by atoms with van der Waals surface area (Å²) in [6.45, 7) is 7.92. The maximum atomic E-state index is 13.0. The largest absolute Gasteiger partial charge is 0.356 e. The SMILES string of the molecule is CN=C(NCCc1ccc(F)cc1C)NCC(C)C. The molecule has 0 bridgehead atoms. The van der Waals surface area contributed by atoms with Crippen LogP contribution in [0.4, 0.5) is 4.39 Å². The van der Waals surface area contributed by atoms with Gasteiger partial charge in [-0.1, -0.05) is 19.9 Å². The van der Waals surface area contributed by atoms with Crippen LogP contribution in [0.25, 0.3) is 0 Å². The number of nitrogens with one attached hydrogen (secondary N) is 2. The molecule has 0 aromatic heterocycles. The van der Waals surface area contributed by atoms with Gasteiger partial charge in [0.15, 0.2) is 5.96 Å². The van der Waals surface area contributed by atoms with Crippen molar-refractivity contribution in [1.29, 1.82) is 0 Å². The van der Waals surface area contributed by atoms with Crippen molar-refractivity contribution in [3.63, 3.8) is 0 Å². The average molecular weight is 265 g/mol. The van der Waals surface area contributed by atoms with E-state index in [2.05, 4.69) is 29.5 Å². The Morgan fingerprint density at radius 3 is 2.63 bits per heavy atom. The summed E-state index contributed by atoms with van der Waals surface area (Å²) >= 11 is 0. The standard InChI is InChI=1S/C15H24FN3/c1-11(2)10-19-15(17-4)18-8-7-13-5-6-14(16)9-12(13)3/h5-6,9,11H,7-8,10H2,1-4H3,(H2,17,18,19). The lowest BCUT2D eigenvalue weighted by Crippen LogP contribution is -2.39. The first-order valence-corrected chi connectivity index (χ1v) is 6.72. The van der Waals surface area contributed by atoms with Crippen molar-refractivity contribution >= 4 is 5.96 Å². The van der Waals surface area contributed by atoms with Crippen LogP contribution >= 0.6 is 0 Å². The van der Waals surface area contributed by atoms with Gasteiger partial charge in [0.1, 0.15) is 5.82 Å². The molecule has 0 unspecified atom stereocenters. The molecule has 0 radical (unpaired) electrons. The zero-order valence-electron chi connectivity index (χ0n) is 12.3. The summed E-state index contributed by atoms with van der Waals surface area (Å²) in [5.74, 6) is 1.22. The summed E-state index contributed by atoms with van der Waals surface area (Å²) in [7, 11) is 1.76. The van der Waals surface area contributed by atoms with Crippen LogP contribution in [0.3, 0.4) is 0 Å². The minimum absolute atomic E-state index is 0.177. The third kappa shape index (κ3) is 5.73. The van der Waals surface area contributed by atoms with Crippen molar-refractivity contribution in [2.45, 2.75) is 27.2 Å². The molecule has 0 fully saturated rings. The lowest BCUT2D eigenvalue weighted by molar-refractivity contribution is 0.614. The zero-order chi connectivity index (χ0) is 14.3. The molecule has 106 valence electrons. The van der Waals surface area contributed by atoms with E-state index in [1.54, 1.807) is 13.1 Å². The molecule has 0 atom stereocenters. The summed E-state index contributed by atoms with van der Waals surface area (Å²) in [6.07, 6.45) is 0.856. The third-order valence-electron chi connectivity index (χ3n) is 2.89. The van der Waals surface area contributed by atoms with Crippen molar-refractivity contribution in [2.24, 2.45) is 10.9 Å². The maximum absolute atomic E-state index is 13.0. The molecule has 0 aliphatic rings. The van der Waals surface area contributed by atoms with E-state index in [0.717, 1.165) is 36.6 Å². The van der Waals surface area contributed by atoms with E-state index in [1.807, 2.05) is 13.0 Å². The number of nitrogens with zero attached hydrogens (tertiary/aromatic N) is 1. The molecular formula is C15H24FN3. The summed E-state index contributed by atoms with van der Waals surface area (Å²) in [5, 5.41) is 6.52. The van der Waals surface area contributed by atoms with Crippen molar-refractivity contribution in [3.8, 4) is 0 Å². The summed E-state index contributed by atoms with van der Waals surface area (Å²) < 4.78 is 13.0. The Balaban J connectivity index is 2.40. The van der Waals surface area contributed by atoms with E-state index in [9.17, 15) is 4.39 Å². The van der Waals surface area contributed by atoms with Gasteiger partial charge in [0.05, 0.1) is 0 Å². The molecule has 1 aromatic carbocycles. The average Bonchev–Trinajstić information content (AvgIpc) is 2.35. The molecule has 0 amide bonds. The fourth-order valence-corrected chi connectivity index (χ4v) is 1.78. The molecular weight excluding hydrogens is 241 g/mol. The molecule has 1 rings (SSSR count). The van der Waals surface area contributed by atoms with Gasteiger partial charge in [-0.25, -0.2) is 4.39 Å². The third-order valence-corrected chi connectivity index (χ3v) is 2.89. The van der Waals surface area contributed by atoms with E-state index in [1.165, 1.54) is 6.07 Å². The number of guanidine groups is 1. The number of aliphatic imine (C=N–C) groups is 1. The lowest BCUT2D eigenvalue weighted by Gasteiger charge is -2.14. The first-order valence-electron chi connectivity index (χ1n) is 6.72. The van der Waals surface area contributed by atoms with Gasteiger partial charge in [-0.3, -0.25) is 4.99 Å². The van der Waals surface area contributed by atoms with Crippen LogP contribution < -0.4 is 10.6 Å². The fraction of sp³-hybridized carbons (Fsp3) is 0.533. The van der Waals surface area contributed by atoms with Gasteiger partial charge in [-0.2, -0.15) is 0 Å². The Bertz CT molecular complexity index is 427. The van der Waals surface area contributed by atoms with E-state index >= 15 is 0 Å². The van der Waals surface area contributed by atoms with Crippen molar-refractivity contribution < 1.29 is 4.39 Å². The van der Waals surface area contributed by atoms with Crippen LogP contribution in [-0.2, 0) is 6.42 Å². The molecule has 0 spiro atoms. The van der Waals surface area contributed by atoms with E-state index in [0.29, 0.717) is 5.92 Å². The highest BCUT2D eigenvalue weighted by molar-refractivity contribution is 5.79. The number of rotatable bonds is 5. The van der Waals surface area contributed by atoms with Gasteiger partial charge >= 0.3 is 0 Å². The maximum Gasteiger partial charge on any atom is 0.190 e. The second kappa shape index (κ2) is 7.77. The summed E-state index contributed by atoms with van der Waals surface area (Å²) in [5.41, 5.74) is 2.15. The molecule has 0 saturated heterocycles. The van der Waals surface area contributed by atoms with Crippen LogP contribution in [0, 0.1) is 18.7 Å². The number of halogens is 1. The Kier molecular flexibility index (Phi) is 6.33. The monoisotopic (exact) mass is 265 g/mol. The molecule has 4 heteroatoms. The molecule has 0 aliphatic carbocycles. The van der Waals surface area contributed by atoms with Crippen molar-refractivity contribution in [2.75, 3.05) is 20.1 Å². The molecule has 2 N–H and O–H groups in total. The number of benzene rings is 1. The first-order chi connectivity index (χ1) is 9.02. The van der Waals surface area contributed by atoms with Crippen LogP contribution in [-0.4, -0.2) is 26.1 Å². The Morgan fingerprint density at radius 2 is 2.05 bits per heavy atom. The molecule has 1 aromatic rings. The van der Waals surface area contributed by atoms with Gasteiger partial charge in [0.2, 0.25) is 0 Å². The minimum atomic E-state index is -0.177. The smallest absolute Gasteiger partial charge is 0.190 e. The lowest BCUT2D eigenvalue weighted by atomic mass is 10.1. The van der Waals surface area contributed by atoms with Gasteiger partial charge in [0.25, 0.3) is 0 Å². The van der Waals surface area contributed by atoms with E-state index in [-0.39, 0.29) is 5.82 Å². The molecule has 19 heavy (non-hydrogen) atoms. The number of hydrogen-bond acceptors (Lipinski definition) is 1. The molecule has 3 nitrogen and oxygen atoms in total. The number of aryl methyl sites for hydroxylation is 1. The van der Waals surface area contributed by atoms with E-state index in [4.69, 9.17) is 0 Å². The Hall–Kier alpha value is -1.58. The van der Waals surface area contributed by atoms with Crippen molar-refractivity contribution in [1.82, 2.24) is 10.6 Å². The predicted molar refractivity (Wildman–Crippen MR) is 79.0 cm³/mol. The summed E-state index contributed by atoms with van der Waals surface area (Å²) in [4.78, 5) is 4.16. The number of hydrogen-bond donors (Lipinski definition) is 2. The van der Waals surface area contributed by atoms with Crippen LogP contribution in [0.5, 0.6) is 0 Å². The fourth-order valence-electron chi connectivity index (χ4n) is 1.78. The first kappa shape index (κ1) is 15.5. The predicted octanol–water partition coefficient (Wildman–Crippen LogP) is 2.50. The van der Waals surface area contributed by atoms with Crippen LogP contribution in [0.15, 0.2) is 23.2 Å². The molecule has 0 saturated carbocycles. The van der Waals surface area contributed by atoms with Gasteiger partial charge in [-0.15, -0.1) is 0 Å². The van der Waals surface area contributed by atoms with Gasteiger partial charge < -0.3 is 10.6 Å². The topological polar surface area (TPSA) is 36.4 Å².